The molecular weight excluding hydrogens is 236 g/mol. The normalized spacial score (nSPS) is 16.6. The van der Waals surface area contributed by atoms with E-state index in [9.17, 15) is 4.79 Å². The van der Waals surface area contributed by atoms with Crippen LogP contribution in [0.5, 0.6) is 0 Å². The molecule has 2 rings (SSSR count). The number of rotatable bonds is 4. The number of carbonyl (C=O) groups excluding carboxylic acids is 1. The molecule has 0 radical (unpaired) electrons. The van der Waals surface area contributed by atoms with E-state index in [0.29, 0.717) is 18.3 Å². The molecule has 1 fully saturated rings. The predicted molar refractivity (Wildman–Crippen MR) is 79.4 cm³/mol. The lowest BCUT2D eigenvalue weighted by Gasteiger charge is -2.22. The van der Waals surface area contributed by atoms with Crippen molar-refractivity contribution in [3.8, 4) is 0 Å². The molecule has 1 amide bonds. The Hall–Kier alpha value is -1.35. The Labute approximate surface area is 115 Å². The molecule has 1 aromatic carbocycles. The van der Waals surface area contributed by atoms with Crippen molar-refractivity contribution < 1.29 is 4.79 Å². The van der Waals surface area contributed by atoms with Gasteiger partial charge in [-0.3, -0.25) is 4.79 Å². The highest BCUT2D eigenvalue weighted by Gasteiger charge is 2.16. The van der Waals surface area contributed by atoms with Crippen molar-refractivity contribution in [2.75, 3.05) is 18.4 Å². The monoisotopic (exact) mass is 260 g/mol. The SMILES string of the molecule is CC(C)c1cccc(NC(=O)CC2CCNCC2)c1. The van der Waals surface area contributed by atoms with Gasteiger partial charge in [-0.15, -0.1) is 0 Å². The van der Waals surface area contributed by atoms with Gasteiger partial charge in [0.1, 0.15) is 0 Å². The molecule has 1 heterocycles. The summed E-state index contributed by atoms with van der Waals surface area (Å²) in [6.07, 6.45) is 2.87. The number of piperidine rings is 1. The molecular formula is C16H24N2O. The smallest absolute Gasteiger partial charge is 0.224 e. The Morgan fingerprint density at radius 2 is 2.11 bits per heavy atom. The average molecular weight is 260 g/mol. The summed E-state index contributed by atoms with van der Waals surface area (Å²) in [6.45, 7) is 6.41. The zero-order valence-electron chi connectivity index (χ0n) is 11.9. The van der Waals surface area contributed by atoms with E-state index in [1.54, 1.807) is 0 Å². The average Bonchev–Trinajstić information content (AvgIpc) is 2.40. The molecule has 19 heavy (non-hydrogen) atoms. The number of carbonyl (C=O) groups is 1. The molecule has 0 aromatic heterocycles. The van der Waals surface area contributed by atoms with Crippen LogP contribution in [0.25, 0.3) is 0 Å². The Morgan fingerprint density at radius 3 is 2.79 bits per heavy atom. The highest BCUT2D eigenvalue weighted by atomic mass is 16.1. The molecule has 104 valence electrons. The summed E-state index contributed by atoms with van der Waals surface area (Å²) in [6, 6.07) is 8.15. The van der Waals surface area contributed by atoms with Gasteiger partial charge in [-0.1, -0.05) is 26.0 Å². The fourth-order valence-corrected chi connectivity index (χ4v) is 2.54. The summed E-state index contributed by atoms with van der Waals surface area (Å²) in [5.74, 6) is 1.17. The molecule has 0 spiro atoms. The Balaban J connectivity index is 1.89. The van der Waals surface area contributed by atoms with Crippen LogP contribution in [0, 0.1) is 5.92 Å². The van der Waals surface area contributed by atoms with Gasteiger partial charge in [-0.2, -0.15) is 0 Å². The molecule has 1 aliphatic heterocycles. The number of nitrogens with one attached hydrogen (secondary N) is 2. The van der Waals surface area contributed by atoms with Crippen molar-refractivity contribution in [1.82, 2.24) is 5.32 Å². The van der Waals surface area contributed by atoms with Crippen LogP contribution in [0.15, 0.2) is 24.3 Å². The maximum absolute atomic E-state index is 12.0. The second-order valence-electron chi connectivity index (χ2n) is 5.73. The van der Waals surface area contributed by atoms with Crippen LogP contribution in [0.3, 0.4) is 0 Å². The van der Waals surface area contributed by atoms with E-state index in [0.717, 1.165) is 31.6 Å². The van der Waals surface area contributed by atoms with Crippen molar-refractivity contribution in [3.63, 3.8) is 0 Å². The van der Waals surface area contributed by atoms with Gasteiger partial charge in [0.2, 0.25) is 5.91 Å². The van der Waals surface area contributed by atoms with Gasteiger partial charge in [-0.25, -0.2) is 0 Å². The van der Waals surface area contributed by atoms with Crippen molar-refractivity contribution in [2.24, 2.45) is 5.92 Å². The lowest BCUT2D eigenvalue weighted by atomic mass is 9.94. The van der Waals surface area contributed by atoms with E-state index in [4.69, 9.17) is 0 Å². The minimum atomic E-state index is 0.146. The van der Waals surface area contributed by atoms with Crippen molar-refractivity contribution in [3.05, 3.63) is 29.8 Å². The Bertz CT molecular complexity index is 423. The number of hydrogen-bond acceptors (Lipinski definition) is 2. The standard InChI is InChI=1S/C16H24N2O/c1-12(2)14-4-3-5-15(11-14)18-16(19)10-13-6-8-17-9-7-13/h3-5,11-13,17H,6-10H2,1-2H3,(H,18,19). The Morgan fingerprint density at radius 1 is 1.37 bits per heavy atom. The third kappa shape index (κ3) is 4.35. The van der Waals surface area contributed by atoms with Crippen molar-refractivity contribution in [1.29, 1.82) is 0 Å². The molecule has 3 heteroatoms. The van der Waals surface area contributed by atoms with Gasteiger partial charge in [0.05, 0.1) is 0 Å². The zero-order chi connectivity index (χ0) is 13.7. The zero-order valence-corrected chi connectivity index (χ0v) is 11.9. The van der Waals surface area contributed by atoms with Gasteiger partial charge >= 0.3 is 0 Å². The van der Waals surface area contributed by atoms with E-state index in [2.05, 4.69) is 36.6 Å². The van der Waals surface area contributed by atoms with E-state index >= 15 is 0 Å². The summed E-state index contributed by atoms with van der Waals surface area (Å²) in [5, 5.41) is 6.35. The molecule has 0 saturated carbocycles. The molecule has 0 atom stereocenters. The van der Waals surface area contributed by atoms with Gasteiger partial charge in [0.15, 0.2) is 0 Å². The molecule has 1 aliphatic rings. The Kier molecular flexibility index (Phi) is 4.97. The van der Waals surface area contributed by atoms with Gasteiger partial charge in [0, 0.05) is 12.1 Å². The molecule has 2 N–H and O–H groups in total. The van der Waals surface area contributed by atoms with Crippen LogP contribution in [0.1, 0.15) is 44.6 Å². The quantitative estimate of drug-likeness (QED) is 0.873. The van der Waals surface area contributed by atoms with E-state index in [1.807, 2.05) is 12.1 Å². The molecule has 0 bridgehead atoms. The highest BCUT2D eigenvalue weighted by Crippen LogP contribution is 2.20. The van der Waals surface area contributed by atoms with E-state index in [-0.39, 0.29) is 5.91 Å². The lowest BCUT2D eigenvalue weighted by molar-refractivity contribution is -0.117. The highest BCUT2D eigenvalue weighted by molar-refractivity contribution is 5.90. The largest absolute Gasteiger partial charge is 0.326 e. The van der Waals surface area contributed by atoms with Gasteiger partial charge < -0.3 is 10.6 Å². The molecule has 0 unspecified atom stereocenters. The topological polar surface area (TPSA) is 41.1 Å². The summed E-state index contributed by atoms with van der Waals surface area (Å²) in [7, 11) is 0. The van der Waals surface area contributed by atoms with Crippen molar-refractivity contribution >= 4 is 11.6 Å². The second kappa shape index (κ2) is 6.71. The minimum Gasteiger partial charge on any atom is -0.326 e. The lowest BCUT2D eigenvalue weighted by Crippen LogP contribution is -2.30. The van der Waals surface area contributed by atoms with E-state index in [1.165, 1.54) is 5.56 Å². The van der Waals surface area contributed by atoms with Crippen LogP contribution in [0.2, 0.25) is 0 Å². The van der Waals surface area contributed by atoms with Crippen LogP contribution >= 0.6 is 0 Å². The number of hydrogen-bond donors (Lipinski definition) is 2. The van der Waals surface area contributed by atoms with Crippen LogP contribution in [-0.4, -0.2) is 19.0 Å². The van der Waals surface area contributed by atoms with Crippen LogP contribution in [0.4, 0.5) is 5.69 Å². The van der Waals surface area contributed by atoms with Crippen LogP contribution in [-0.2, 0) is 4.79 Å². The molecule has 1 aromatic rings. The number of amides is 1. The maximum atomic E-state index is 12.0. The fourth-order valence-electron chi connectivity index (χ4n) is 2.54. The third-order valence-corrected chi connectivity index (χ3v) is 3.77. The summed E-state index contributed by atoms with van der Waals surface area (Å²) >= 11 is 0. The predicted octanol–water partition coefficient (Wildman–Crippen LogP) is 3.14. The first kappa shape index (κ1) is 14.1. The summed E-state index contributed by atoms with van der Waals surface area (Å²) in [4.78, 5) is 12.0. The number of anilines is 1. The second-order valence-corrected chi connectivity index (χ2v) is 5.73. The molecule has 3 nitrogen and oxygen atoms in total. The molecule has 0 aliphatic carbocycles. The van der Waals surface area contributed by atoms with Gasteiger partial charge in [0.25, 0.3) is 0 Å². The molecule has 1 saturated heterocycles. The number of benzene rings is 1. The van der Waals surface area contributed by atoms with E-state index < -0.39 is 0 Å². The first-order valence-corrected chi connectivity index (χ1v) is 7.25. The summed E-state index contributed by atoms with van der Waals surface area (Å²) in [5.41, 5.74) is 2.19. The summed E-state index contributed by atoms with van der Waals surface area (Å²) < 4.78 is 0. The van der Waals surface area contributed by atoms with Gasteiger partial charge in [-0.05, 0) is 55.5 Å². The van der Waals surface area contributed by atoms with Crippen molar-refractivity contribution in [2.45, 2.75) is 39.0 Å². The maximum Gasteiger partial charge on any atom is 0.224 e. The first-order chi connectivity index (χ1) is 9.15. The third-order valence-electron chi connectivity index (χ3n) is 3.77. The fraction of sp³-hybridized carbons (Fsp3) is 0.562. The van der Waals surface area contributed by atoms with Crippen LogP contribution < -0.4 is 10.6 Å². The first-order valence-electron chi connectivity index (χ1n) is 7.25. The minimum absolute atomic E-state index is 0.146.